The van der Waals surface area contributed by atoms with E-state index in [9.17, 15) is 5.11 Å². The fourth-order valence-electron chi connectivity index (χ4n) is 9.39. The van der Waals surface area contributed by atoms with Crippen LogP contribution in [0, 0.1) is 6.85 Å². The summed E-state index contributed by atoms with van der Waals surface area (Å²) in [6, 6.07) is 32.1. The first-order valence-electron chi connectivity index (χ1n) is 27.3. The minimum Gasteiger partial charge on any atom is -0.507 e. The number of hydrogen-bond donors (Lipinski definition) is 1. The van der Waals surface area contributed by atoms with Crippen LogP contribution in [0.4, 0.5) is 0 Å². The van der Waals surface area contributed by atoms with Crippen molar-refractivity contribution in [3.63, 3.8) is 0 Å². The Balaban J connectivity index is 1.51. The predicted molar refractivity (Wildman–Crippen MR) is 276 cm³/mol. The lowest BCUT2D eigenvalue weighted by atomic mass is 9.82. The minimum atomic E-state index is -2.47. The van der Waals surface area contributed by atoms with Crippen molar-refractivity contribution in [2.75, 3.05) is 0 Å². The van der Waals surface area contributed by atoms with Gasteiger partial charge in [-0.3, -0.25) is 9.55 Å². The molecule has 0 aliphatic rings. The van der Waals surface area contributed by atoms with Crippen molar-refractivity contribution in [1.82, 2.24) is 14.5 Å². The summed E-state index contributed by atoms with van der Waals surface area (Å²) in [7, 11) is 0. The van der Waals surface area contributed by atoms with Crippen LogP contribution in [0.1, 0.15) is 146 Å². The summed E-state index contributed by atoms with van der Waals surface area (Å²) in [5.74, 6) is 0.949. The lowest BCUT2D eigenvalue weighted by molar-refractivity contribution is 0.457. The summed E-state index contributed by atoms with van der Waals surface area (Å²) in [4.78, 5) is 10.4. The van der Waals surface area contributed by atoms with Crippen LogP contribution in [0.15, 0.2) is 140 Å². The molecule has 0 atom stereocenters. The Labute approximate surface area is 399 Å². The molecule has 65 heavy (non-hydrogen) atoms. The predicted octanol–water partition coefficient (Wildman–Crippen LogP) is 17.2. The van der Waals surface area contributed by atoms with E-state index in [1.165, 1.54) is 0 Å². The number of pyridine rings is 1. The first-order chi connectivity index (χ1) is 34.4. The van der Waals surface area contributed by atoms with Crippen molar-refractivity contribution in [1.29, 1.82) is 0 Å². The average Bonchev–Trinajstić information content (AvgIpc) is 3.75. The van der Waals surface area contributed by atoms with Crippen LogP contribution in [0.3, 0.4) is 0 Å². The van der Waals surface area contributed by atoms with Crippen LogP contribution in [-0.4, -0.2) is 19.6 Å². The lowest BCUT2D eigenvalue weighted by Crippen LogP contribution is -2.14. The topological polar surface area (TPSA) is 50.9 Å². The molecule has 0 aliphatic heterocycles. The van der Waals surface area contributed by atoms with E-state index in [0.29, 0.717) is 44.9 Å². The second-order valence-electron chi connectivity index (χ2n) is 19.5. The molecule has 4 nitrogen and oxygen atoms in total. The number of rotatable bonds is 12. The zero-order chi connectivity index (χ0) is 53.1. The number of fused-ring (bicyclic) bond motifs is 1. The Morgan fingerprint density at radius 1 is 0.631 bits per heavy atom. The third kappa shape index (κ3) is 8.93. The van der Waals surface area contributed by atoms with E-state index in [2.05, 4.69) is 77.3 Å². The zero-order valence-corrected chi connectivity index (χ0v) is 39.7. The Morgan fingerprint density at radius 2 is 1.34 bits per heavy atom. The maximum absolute atomic E-state index is 12.8. The minimum absolute atomic E-state index is 0.0840. The summed E-state index contributed by atoms with van der Waals surface area (Å²) in [6.45, 7) is 18.8. The van der Waals surface area contributed by atoms with Gasteiger partial charge in [0.2, 0.25) is 0 Å². The highest BCUT2D eigenvalue weighted by atomic mass is 16.3. The first-order valence-corrected chi connectivity index (χ1v) is 23.3. The summed E-state index contributed by atoms with van der Waals surface area (Å²) in [5, 5.41) is 12.8. The van der Waals surface area contributed by atoms with E-state index in [1.54, 1.807) is 18.3 Å². The second kappa shape index (κ2) is 18.3. The molecule has 0 saturated heterocycles. The van der Waals surface area contributed by atoms with Gasteiger partial charge < -0.3 is 5.11 Å². The SMILES string of the molecule is [2H]c1c([2H])c([2H])c(-c2ccnc(-c3cc(-c4cccc5c4nc(-c4cc(C(CC)CC)cc(C(CC)CC)c4O)n5-c4cc(C([2H])([2H])[2H])c(C(C)(C)C)cc4-c4ccccc4)cc(C(C)(C)C)c3)c2)c([2H])c1[2H]. The van der Waals surface area contributed by atoms with E-state index in [4.69, 9.17) is 20.9 Å². The van der Waals surface area contributed by atoms with Gasteiger partial charge in [-0.15, -0.1) is 0 Å². The van der Waals surface area contributed by atoms with Gasteiger partial charge in [-0.1, -0.05) is 154 Å². The number of hydrogen-bond acceptors (Lipinski definition) is 3. The Kier molecular flexibility index (Phi) is 10.1. The van der Waals surface area contributed by atoms with Crippen LogP contribution in [-0.2, 0) is 10.8 Å². The molecule has 0 aliphatic carbocycles. The number of aryl methyl sites for hydroxylation is 1. The molecule has 2 aromatic heterocycles. The summed E-state index contributed by atoms with van der Waals surface area (Å²) in [6.07, 6.45) is 5.08. The monoisotopic (exact) mass is 866 g/mol. The van der Waals surface area contributed by atoms with Gasteiger partial charge in [-0.05, 0) is 154 Å². The van der Waals surface area contributed by atoms with Gasteiger partial charge in [0, 0.05) is 27.0 Å². The molecule has 4 heteroatoms. The summed E-state index contributed by atoms with van der Waals surface area (Å²) >= 11 is 0. The molecule has 0 amide bonds. The molecule has 1 N–H and O–H groups in total. The molecule has 6 aromatic carbocycles. The number of nitrogens with zero attached hydrogens (tertiary/aromatic N) is 3. The van der Waals surface area contributed by atoms with Crippen molar-refractivity contribution < 1.29 is 16.1 Å². The first kappa shape index (κ1) is 36.0. The average molecular weight is 866 g/mol. The van der Waals surface area contributed by atoms with Gasteiger partial charge in [0.15, 0.2) is 0 Å². The highest BCUT2D eigenvalue weighted by molar-refractivity contribution is 5.98. The highest BCUT2D eigenvalue weighted by Crippen LogP contribution is 2.46. The molecular weight excluding hydrogens is 791 g/mol. The maximum atomic E-state index is 12.8. The largest absolute Gasteiger partial charge is 0.507 e. The van der Waals surface area contributed by atoms with Crippen molar-refractivity contribution in [2.24, 2.45) is 0 Å². The standard InChI is InChI=1S/C61H67N3O/c1-12-40(13-2)45-35-51(41(14-3)15-4)58(65)52(36-45)59-63-57-49(46-32-47(34-48(33-46)60(6,7)8)54-37-44(29-30-62-54)42-23-18-16-19-24-42)27-22-28-55(57)64(59)56-31-39(5)53(61(9,10)11)38-50(56)43-25-20-17-21-26-43/h16-38,40-41,65H,12-15H2,1-11H3/i5D3,16D,18D,19D,23D,24D. The molecule has 0 saturated carbocycles. The lowest BCUT2D eigenvalue weighted by Gasteiger charge is -2.26. The third-order valence-electron chi connectivity index (χ3n) is 13.2. The number of aromatic nitrogens is 3. The summed E-state index contributed by atoms with van der Waals surface area (Å²) in [5.41, 5.74) is 10.8. The summed E-state index contributed by atoms with van der Waals surface area (Å²) < 4.78 is 71.4. The van der Waals surface area contributed by atoms with Gasteiger partial charge in [-0.2, -0.15) is 0 Å². The van der Waals surface area contributed by atoms with Crippen LogP contribution in [0.25, 0.3) is 72.7 Å². The molecule has 0 bridgehead atoms. The number of phenols is 1. The van der Waals surface area contributed by atoms with Crippen LogP contribution in [0.5, 0.6) is 5.75 Å². The molecule has 0 unspecified atom stereocenters. The van der Waals surface area contributed by atoms with Crippen LogP contribution >= 0.6 is 0 Å². The van der Waals surface area contributed by atoms with Crippen molar-refractivity contribution >= 4 is 11.0 Å². The number of para-hydroxylation sites is 1. The molecule has 0 spiro atoms. The normalized spacial score (nSPS) is 14.2. The van der Waals surface area contributed by atoms with Gasteiger partial charge in [-0.25, -0.2) is 4.98 Å². The van der Waals surface area contributed by atoms with E-state index >= 15 is 0 Å². The van der Waals surface area contributed by atoms with Crippen molar-refractivity contribution in [3.8, 4) is 67.5 Å². The molecular formula is C61H67N3O. The van der Waals surface area contributed by atoms with Crippen molar-refractivity contribution in [3.05, 3.63) is 167 Å². The number of phenolic OH excluding ortho intramolecular Hbond substituents is 1. The Morgan fingerprint density at radius 3 is 2.00 bits per heavy atom. The second-order valence-corrected chi connectivity index (χ2v) is 19.5. The van der Waals surface area contributed by atoms with Gasteiger partial charge >= 0.3 is 0 Å². The molecule has 0 radical (unpaired) electrons. The quantitative estimate of drug-likeness (QED) is 0.133. The van der Waals surface area contributed by atoms with Crippen LogP contribution in [0.2, 0.25) is 0 Å². The number of aromatic hydroxyl groups is 1. The smallest absolute Gasteiger partial charge is 0.149 e. The molecule has 332 valence electrons. The Bertz CT molecular complexity index is 3340. The van der Waals surface area contributed by atoms with Gasteiger partial charge in [0.1, 0.15) is 11.6 Å². The van der Waals surface area contributed by atoms with E-state index < -0.39 is 30.4 Å². The molecule has 2 heterocycles. The fourth-order valence-corrected chi connectivity index (χ4v) is 9.39. The van der Waals surface area contributed by atoms with Crippen molar-refractivity contribution in [2.45, 2.75) is 124 Å². The van der Waals surface area contributed by atoms with Gasteiger partial charge in [0.05, 0.1) is 34.8 Å². The highest BCUT2D eigenvalue weighted by Gasteiger charge is 2.28. The zero-order valence-electron chi connectivity index (χ0n) is 47.7. The maximum Gasteiger partial charge on any atom is 0.149 e. The molecule has 8 rings (SSSR count). The fraction of sp³-hybridized carbons (Fsp3) is 0.311. The molecule has 8 aromatic rings. The van der Waals surface area contributed by atoms with E-state index in [0.717, 1.165) is 70.2 Å². The Hall–Kier alpha value is -6.26. The number of benzene rings is 6. The third-order valence-corrected chi connectivity index (χ3v) is 13.2. The van der Waals surface area contributed by atoms with E-state index in [-0.39, 0.29) is 46.2 Å². The molecule has 0 fully saturated rings. The van der Waals surface area contributed by atoms with Crippen LogP contribution < -0.4 is 0 Å². The number of imidazole rings is 1. The van der Waals surface area contributed by atoms with Gasteiger partial charge in [0.25, 0.3) is 0 Å². The van der Waals surface area contributed by atoms with E-state index in [1.807, 2.05) is 87.5 Å².